The molecule has 0 saturated carbocycles. The molecule has 1 aromatic carbocycles. The first-order valence-corrected chi connectivity index (χ1v) is 6.71. The minimum atomic E-state index is 0.521. The van der Waals surface area contributed by atoms with E-state index in [-0.39, 0.29) is 0 Å². The molecule has 0 aliphatic heterocycles. The van der Waals surface area contributed by atoms with Gasteiger partial charge in [0.2, 0.25) is 0 Å². The zero-order valence-corrected chi connectivity index (χ0v) is 12.0. The lowest BCUT2D eigenvalue weighted by Gasteiger charge is -2.30. The van der Waals surface area contributed by atoms with Crippen molar-refractivity contribution in [3.63, 3.8) is 0 Å². The molecule has 1 atom stereocenters. The van der Waals surface area contributed by atoms with E-state index in [4.69, 9.17) is 11.6 Å². The van der Waals surface area contributed by atoms with Crippen molar-refractivity contribution < 1.29 is 0 Å². The van der Waals surface area contributed by atoms with E-state index in [0.717, 1.165) is 30.2 Å². The van der Waals surface area contributed by atoms with Gasteiger partial charge in [0.05, 0.1) is 10.7 Å². The van der Waals surface area contributed by atoms with Gasteiger partial charge in [0.15, 0.2) is 0 Å². The highest BCUT2D eigenvalue weighted by Gasteiger charge is 2.14. The number of hydrogen-bond acceptors (Lipinski definition) is 2. The Hall–Kier alpha value is -0.730. The predicted molar refractivity (Wildman–Crippen MR) is 77.0 cm³/mol. The van der Waals surface area contributed by atoms with Crippen molar-refractivity contribution in [3.8, 4) is 0 Å². The van der Waals surface area contributed by atoms with Crippen molar-refractivity contribution in [1.29, 1.82) is 0 Å². The lowest BCUT2D eigenvalue weighted by molar-refractivity contribution is 0.630. The van der Waals surface area contributed by atoms with Crippen LogP contribution in [-0.4, -0.2) is 19.6 Å². The molecule has 0 heterocycles. The highest BCUT2D eigenvalue weighted by atomic mass is 35.5. The maximum atomic E-state index is 6.37. The second kappa shape index (κ2) is 6.87. The first kappa shape index (κ1) is 14.3. The van der Waals surface area contributed by atoms with Gasteiger partial charge in [-0.3, -0.25) is 0 Å². The van der Waals surface area contributed by atoms with Gasteiger partial charge in [-0.2, -0.15) is 0 Å². The molecular formula is C14H23ClN2. The molecule has 1 rings (SSSR count). The van der Waals surface area contributed by atoms with Crippen LogP contribution in [0.2, 0.25) is 5.02 Å². The number of hydrogen-bond donors (Lipinski definition) is 1. The topological polar surface area (TPSA) is 15.3 Å². The molecule has 3 heteroatoms. The van der Waals surface area contributed by atoms with E-state index >= 15 is 0 Å². The summed E-state index contributed by atoms with van der Waals surface area (Å²) in [5, 5.41) is 3.98. The number of benzene rings is 1. The van der Waals surface area contributed by atoms with Crippen LogP contribution in [0.1, 0.15) is 32.8 Å². The fraction of sp³-hybridized carbons (Fsp3) is 0.571. The molecule has 1 aromatic rings. The van der Waals surface area contributed by atoms with Crippen LogP contribution in [-0.2, 0) is 6.54 Å². The van der Waals surface area contributed by atoms with E-state index in [1.54, 1.807) is 0 Å². The molecule has 0 radical (unpaired) electrons. The average Bonchev–Trinajstić information content (AvgIpc) is 2.32. The maximum Gasteiger partial charge on any atom is 0.0642 e. The van der Waals surface area contributed by atoms with Gasteiger partial charge in [-0.15, -0.1) is 0 Å². The first-order valence-electron chi connectivity index (χ1n) is 6.33. The van der Waals surface area contributed by atoms with Gasteiger partial charge >= 0.3 is 0 Å². The van der Waals surface area contributed by atoms with Crippen molar-refractivity contribution in [2.45, 2.75) is 39.8 Å². The summed E-state index contributed by atoms with van der Waals surface area (Å²) < 4.78 is 0. The summed E-state index contributed by atoms with van der Waals surface area (Å²) in [5.74, 6) is 0. The van der Waals surface area contributed by atoms with Crippen LogP contribution < -0.4 is 10.2 Å². The Labute approximate surface area is 110 Å². The van der Waals surface area contributed by atoms with Crippen molar-refractivity contribution in [3.05, 3.63) is 28.8 Å². The molecule has 2 nitrogen and oxygen atoms in total. The maximum absolute atomic E-state index is 6.37. The highest BCUT2D eigenvalue weighted by Crippen LogP contribution is 2.28. The van der Waals surface area contributed by atoms with E-state index in [2.05, 4.69) is 49.2 Å². The second-order valence-electron chi connectivity index (χ2n) is 4.36. The zero-order valence-electron chi connectivity index (χ0n) is 11.3. The summed E-state index contributed by atoms with van der Waals surface area (Å²) in [6.45, 7) is 8.46. The molecule has 0 spiro atoms. The molecule has 1 N–H and O–H groups in total. The first-order chi connectivity index (χ1) is 8.13. The quantitative estimate of drug-likeness (QED) is 0.833. The fourth-order valence-corrected chi connectivity index (χ4v) is 2.35. The average molecular weight is 255 g/mol. The van der Waals surface area contributed by atoms with E-state index in [1.165, 1.54) is 5.56 Å². The number of nitrogens with zero attached hydrogens (tertiary/aromatic N) is 1. The molecule has 1 unspecified atom stereocenters. The molecule has 0 saturated heterocycles. The number of nitrogens with one attached hydrogen (secondary N) is 1. The third kappa shape index (κ3) is 3.62. The van der Waals surface area contributed by atoms with Crippen LogP contribution in [0.5, 0.6) is 0 Å². The smallest absolute Gasteiger partial charge is 0.0642 e. The molecule has 0 fully saturated rings. The van der Waals surface area contributed by atoms with Gasteiger partial charge in [-0.05, 0) is 45.0 Å². The van der Waals surface area contributed by atoms with Gasteiger partial charge in [-0.1, -0.05) is 24.6 Å². The monoisotopic (exact) mass is 254 g/mol. The summed E-state index contributed by atoms with van der Waals surface area (Å²) in [6.07, 6.45) is 1.13. The van der Waals surface area contributed by atoms with Crippen LogP contribution in [0.3, 0.4) is 0 Å². The van der Waals surface area contributed by atoms with Crippen LogP contribution in [0.15, 0.2) is 18.2 Å². The number of rotatable bonds is 6. The van der Waals surface area contributed by atoms with Crippen LogP contribution in [0.4, 0.5) is 5.69 Å². The van der Waals surface area contributed by atoms with Crippen molar-refractivity contribution >= 4 is 17.3 Å². The Morgan fingerprint density at radius 3 is 2.53 bits per heavy atom. The van der Waals surface area contributed by atoms with E-state index in [9.17, 15) is 0 Å². The summed E-state index contributed by atoms with van der Waals surface area (Å²) in [7, 11) is 1.94. The summed E-state index contributed by atoms with van der Waals surface area (Å²) in [4.78, 5) is 2.35. The SMILES string of the molecule is CCC(C)N(CC)c1ccc(CNC)cc1Cl. The molecule has 0 aromatic heterocycles. The third-order valence-electron chi connectivity index (χ3n) is 3.17. The van der Waals surface area contributed by atoms with E-state index in [1.807, 2.05) is 7.05 Å². The summed E-state index contributed by atoms with van der Waals surface area (Å²) in [5.41, 5.74) is 2.37. The minimum Gasteiger partial charge on any atom is -0.368 e. The largest absolute Gasteiger partial charge is 0.368 e. The van der Waals surface area contributed by atoms with Gasteiger partial charge in [0.25, 0.3) is 0 Å². The Kier molecular flexibility index (Phi) is 5.79. The molecule has 0 aliphatic carbocycles. The van der Waals surface area contributed by atoms with Crippen molar-refractivity contribution in [2.75, 3.05) is 18.5 Å². The Morgan fingerprint density at radius 1 is 1.35 bits per heavy atom. The molecule has 0 bridgehead atoms. The summed E-state index contributed by atoms with van der Waals surface area (Å²) in [6, 6.07) is 6.85. The Morgan fingerprint density at radius 2 is 2.06 bits per heavy atom. The Balaban J connectivity index is 2.96. The van der Waals surface area contributed by atoms with Crippen LogP contribution in [0, 0.1) is 0 Å². The second-order valence-corrected chi connectivity index (χ2v) is 4.77. The Bertz CT molecular complexity index is 352. The standard InChI is InChI=1S/C14H23ClN2/c1-5-11(3)17(6-2)14-8-7-12(10-16-4)9-13(14)15/h7-9,11,16H,5-6,10H2,1-4H3. The lowest BCUT2D eigenvalue weighted by atomic mass is 10.1. The number of anilines is 1. The minimum absolute atomic E-state index is 0.521. The van der Waals surface area contributed by atoms with Gasteiger partial charge in [0.1, 0.15) is 0 Å². The van der Waals surface area contributed by atoms with Gasteiger partial charge < -0.3 is 10.2 Å². The molecule has 96 valence electrons. The van der Waals surface area contributed by atoms with Gasteiger partial charge in [-0.25, -0.2) is 0 Å². The molecular weight excluding hydrogens is 232 g/mol. The fourth-order valence-electron chi connectivity index (χ4n) is 2.04. The van der Waals surface area contributed by atoms with Crippen molar-refractivity contribution in [2.24, 2.45) is 0 Å². The van der Waals surface area contributed by atoms with Crippen molar-refractivity contribution in [1.82, 2.24) is 5.32 Å². The van der Waals surface area contributed by atoms with E-state index in [0.29, 0.717) is 6.04 Å². The third-order valence-corrected chi connectivity index (χ3v) is 3.47. The normalized spacial score (nSPS) is 12.5. The lowest BCUT2D eigenvalue weighted by Crippen LogP contribution is -2.32. The van der Waals surface area contributed by atoms with E-state index < -0.39 is 0 Å². The zero-order chi connectivity index (χ0) is 12.8. The molecule has 0 aliphatic rings. The molecule has 17 heavy (non-hydrogen) atoms. The highest BCUT2D eigenvalue weighted by molar-refractivity contribution is 6.33. The van der Waals surface area contributed by atoms with Gasteiger partial charge in [0, 0.05) is 19.1 Å². The van der Waals surface area contributed by atoms with Crippen LogP contribution in [0.25, 0.3) is 0 Å². The number of halogens is 1. The van der Waals surface area contributed by atoms with Crippen LogP contribution >= 0.6 is 11.6 Å². The molecule has 0 amide bonds. The summed E-state index contributed by atoms with van der Waals surface area (Å²) >= 11 is 6.37. The predicted octanol–water partition coefficient (Wildman–Crippen LogP) is 3.68.